The van der Waals surface area contributed by atoms with E-state index in [4.69, 9.17) is 0 Å². The van der Waals surface area contributed by atoms with Gasteiger partial charge in [-0.25, -0.2) is 4.98 Å². The molecule has 1 aliphatic rings. The number of likely N-dealkylation sites (tertiary alicyclic amines) is 1. The fraction of sp³-hybridized carbons (Fsp3) is 0.444. The maximum Gasteiger partial charge on any atom is 0.246 e. The molecule has 25 heavy (non-hydrogen) atoms. The molecule has 130 valence electrons. The van der Waals surface area contributed by atoms with Crippen molar-refractivity contribution in [3.05, 3.63) is 42.5 Å². The average molecular weight is 338 g/mol. The SMILES string of the molecule is Cc1nccn1C[C@H]1CCCN(C(=O)Cn2nc3ccccc3n2)C1. The Balaban J connectivity index is 1.40. The standard InChI is InChI=1S/C18H22N6O/c1-14-19-8-10-22(14)11-15-5-4-9-23(12-15)18(25)13-24-20-16-6-2-3-7-17(16)21-24/h2-3,6-8,10,15H,4-5,9,11-13H2,1H3/t15-/m1/s1. The average Bonchev–Trinajstić information content (AvgIpc) is 3.21. The molecule has 2 aromatic heterocycles. The highest BCUT2D eigenvalue weighted by Crippen LogP contribution is 2.19. The monoisotopic (exact) mass is 338 g/mol. The molecule has 0 unspecified atom stereocenters. The third-order valence-electron chi connectivity index (χ3n) is 4.85. The van der Waals surface area contributed by atoms with E-state index in [9.17, 15) is 4.79 Å². The first kappa shape index (κ1) is 15.8. The molecular weight excluding hydrogens is 316 g/mol. The van der Waals surface area contributed by atoms with E-state index in [0.29, 0.717) is 5.92 Å². The summed E-state index contributed by atoms with van der Waals surface area (Å²) in [5.41, 5.74) is 1.64. The van der Waals surface area contributed by atoms with Crippen molar-refractivity contribution >= 4 is 16.9 Å². The van der Waals surface area contributed by atoms with Crippen LogP contribution in [0.4, 0.5) is 0 Å². The van der Waals surface area contributed by atoms with Crippen LogP contribution in [-0.4, -0.2) is 48.4 Å². The molecule has 0 aliphatic carbocycles. The number of benzene rings is 1. The van der Waals surface area contributed by atoms with Gasteiger partial charge in [-0.05, 0) is 37.8 Å². The van der Waals surface area contributed by atoms with Gasteiger partial charge in [0.1, 0.15) is 23.4 Å². The lowest BCUT2D eigenvalue weighted by Gasteiger charge is -2.33. The van der Waals surface area contributed by atoms with Crippen LogP contribution >= 0.6 is 0 Å². The van der Waals surface area contributed by atoms with Crippen molar-refractivity contribution in [2.75, 3.05) is 13.1 Å². The molecule has 4 rings (SSSR count). The van der Waals surface area contributed by atoms with Gasteiger partial charge < -0.3 is 9.47 Å². The number of hydrogen-bond acceptors (Lipinski definition) is 4. The summed E-state index contributed by atoms with van der Waals surface area (Å²) in [4.78, 5) is 20.4. The van der Waals surface area contributed by atoms with Gasteiger partial charge in [-0.2, -0.15) is 15.0 Å². The van der Waals surface area contributed by atoms with Gasteiger partial charge in [-0.3, -0.25) is 4.79 Å². The van der Waals surface area contributed by atoms with E-state index in [1.165, 1.54) is 4.80 Å². The van der Waals surface area contributed by atoms with Crippen molar-refractivity contribution in [2.45, 2.75) is 32.9 Å². The molecule has 0 saturated carbocycles. The first-order chi connectivity index (χ1) is 12.2. The van der Waals surface area contributed by atoms with Crippen LogP contribution in [0.2, 0.25) is 0 Å². The quantitative estimate of drug-likeness (QED) is 0.728. The largest absolute Gasteiger partial charge is 0.341 e. The Labute approximate surface area is 146 Å². The summed E-state index contributed by atoms with van der Waals surface area (Å²) in [5.74, 6) is 1.58. The van der Waals surface area contributed by atoms with Crippen LogP contribution in [0, 0.1) is 12.8 Å². The Morgan fingerprint density at radius 1 is 1.24 bits per heavy atom. The summed E-state index contributed by atoms with van der Waals surface area (Å²) in [5, 5.41) is 8.77. The number of piperidine rings is 1. The van der Waals surface area contributed by atoms with E-state index >= 15 is 0 Å². The van der Waals surface area contributed by atoms with Crippen LogP contribution in [0.5, 0.6) is 0 Å². The van der Waals surface area contributed by atoms with Gasteiger partial charge in [-0.1, -0.05) is 12.1 Å². The molecule has 0 radical (unpaired) electrons. The molecule has 0 spiro atoms. The number of nitrogens with zero attached hydrogens (tertiary/aromatic N) is 6. The second-order valence-electron chi connectivity index (χ2n) is 6.69. The van der Waals surface area contributed by atoms with Gasteiger partial charge in [0.05, 0.1) is 0 Å². The minimum absolute atomic E-state index is 0.0901. The maximum atomic E-state index is 12.7. The highest BCUT2D eigenvalue weighted by molar-refractivity contribution is 5.77. The predicted molar refractivity (Wildman–Crippen MR) is 93.8 cm³/mol. The lowest BCUT2D eigenvalue weighted by molar-refractivity contribution is -0.134. The topological polar surface area (TPSA) is 68.8 Å². The van der Waals surface area contributed by atoms with Crippen molar-refractivity contribution < 1.29 is 4.79 Å². The molecule has 1 aliphatic heterocycles. The number of aryl methyl sites for hydroxylation is 1. The van der Waals surface area contributed by atoms with E-state index in [1.54, 1.807) is 0 Å². The van der Waals surface area contributed by atoms with Gasteiger partial charge >= 0.3 is 0 Å². The number of carbonyl (C=O) groups is 1. The summed E-state index contributed by atoms with van der Waals surface area (Å²) < 4.78 is 2.17. The summed E-state index contributed by atoms with van der Waals surface area (Å²) >= 11 is 0. The van der Waals surface area contributed by atoms with Crippen LogP contribution in [0.25, 0.3) is 11.0 Å². The van der Waals surface area contributed by atoms with Crippen LogP contribution in [0.3, 0.4) is 0 Å². The van der Waals surface area contributed by atoms with Crippen molar-refractivity contribution in [2.24, 2.45) is 5.92 Å². The molecule has 1 aromatic carbocycles. The maximum absolute atomic E-state index is 12.7. The lowest BCUT2D eigenvalue weighted by Crippen LogP contribution is -2.42. The molecule has 7 heteroatoms. The van der Waals surface area contributed by atoms with E-state index in [0.717, 1.165) is 49.3 Å². The number of imidazole rings is 1. The Hall–Kier alpha value is -2.70. The van der Waals surface area contributed by atoms with Crippen molar-refractivity contribution in [1.29, 1.82) is 0 Å². The fourth-order valence-corrected chi connectivity index (χ4v) is 3.51. The number of aromatic nitrogens is 5. The first-order valence-electron chi connectivity index (χ1n) is 8.74. The van der Waals surface area contributed by atoms with Gasteiger partial charge in [-0.15, -0.1) is 0 Å². The molecule has 1 fully saturated rings. The van der Waals surface area contributed by atoms with Gasteiger partial charge in [0.15, 0.2) is 0 Å². The normalized spacial score (nSPS) is 18.0. The summed E-state index contributed by atoms with van der Waals surface area (Å²) in [6.45, 7) is 4.74. The van der Waals surface area contributed by atoms with Gasteiger partial charge in [0.25, 0.3) is 0 Å². The molecule has 1 saturated heterocycles. The van der Waals surface area contributed by atoms with Crippen LogP contribution in [-0.2, 0) is 17.9 Å². The molecular formula is C18H22N6O. The molecule has 0 N–H and O–H groups in total. The minimum atomic E-state index is 0.0901. The number of amides is 1. The molecule has 0 bridgehead atoms. The zero-order chi connectivity index (χ0) is 17.2. The Bertz CT molecular complexity index is 849. The van der Waals surface area contributed by atoms with E-state index in [1.807, 2.05) is 48.5 Å². The van der Waals surface area contributed by atoms with Gasteiger partial charge in [0.2, 0.25) is 5.91 Å². The van der Waals surface area contributed by atoms with E-state index < -0.39 is 0 Å². The Morgan fingerprint density at radius 2 is 2.00 bits per heavy atom. The van der Waals surface area contributed by atoms with E-state index in [-0.39, 0.29) is 12.5 Å². The molecule has 1 atom stereocenters. The second kappa shape index (κ2) is 6.66. The second-order valence-corrected chi connectivity index (χ2v) is 6.69. The fourth-order valence-electron chi connectivity index (χ4n) is 3.51. The summed E-state index contributed by atoms with van der Waals surface area (Å²) in [7, 11) is 0. The predicted octanol–water partition coefficient (Wildman–Crippen LogP) is 1.88. The first-order valence-corrected chi connectivity index (χ1v) is 8.74. The molecule has 7 nitrogen and oxygen atoms in total. The zero-order valence-electron chi connectivity index (χ0n) is 14.4. The number of hydrogen-bond donors (Lipinski definition) is 0. The van der Waals surface area contributed by atoms with Crippen LogP contribution in [0.15, 0.2) is 36.7 Å². The highest BCUT2D eigenvalue weighted by atomic mass is 16.2. The summed E-state index contributed by atoms with van der Waals surface area (Å²) in [6, 6.07) is 7.67. The highest BCUT2D eigenvalue weighted by Gasteiger charge is 2.24. The molecule has 3 aromatic rings. The zero-order valence-corrected chi connectivity index (χ0v) is 14.4. The number of fused-ring (bicyclic) bond motifs is 1. The number of rotatable bonds is 4. The third-order valence-corrected chi connectivity index (χ3v) is 4.85. The lowest BCUT2D eigenvalue weighted by atomic mass is 9.98. The molecule has 3 heterocycles. The van der Waals surface area contributed by atoms with Crippen molar-refractivity contribution in [3.63, 3.8) is 0 Å². The Kier molecular flexibility index (Phi) is 4.21. The molecule has 1 amide bonds. The van der Waals surface area contributed by atoms with Crippen molar-refractivity contribution in [1.82, 2.24) is 29.4 Å². The minimum Gasteiger partial charge on any atom is -0.341 e. The smallest absolute Gasteiger partial charge is 0.246 e. The van der Waals surface area contributed by atoms with Crippen LogP contribution in [0.1, 0.15) is 18.7 Å². The van der Waals surface area contributed by atoms with Gasteiger partial charge in [0, 0.05) is 32.0 Å². The third kappa shape index (κ3) is 3.40. The Morgan fingerprint density at radius 3 is 2.68 bits per heavy atom. The van der Waals surface area contributed by atoms with Crippen molar-refractivity contribution in [3.8, 4) is 0 Å². The van der Waals surface area contributed by atoms with Crippen LogP contribution < -0.4 is 0 Å². The number of carbonyl (C=O) groups excluding carboxylic acids is 1. The summed E-state index contributed by atoms with van der Waals surface area (Å²) in [6.07, 6.45) is 6.02. The van der Waals surface area contributed by atoms with E-state index in [2.05, 4.69) is 19.7 Å².